The maximum atomic E-state index is 12.9. The van der Waals surface area contributed by atoms with Gasteiger partial charge in [0, 0.05) is 12.8 Å². The molecule has 2 unspecified atom stereocenters. The Morgan fingerprint density at radius 1 is 0.344 bits per heavy atom. The number of ether oxygens (including phenoxy) is 2. The standard InChI is InChI=1S/C83H148NO8P/c1-6-8-10-12-14-16-18-20-22-24-26-28-30-32-34-36-38-40-41-42-43-44-46-48-50-52-54-56-58-60-62-64-66-68-70-72-74-76-83(86)92-81(80-91-93(87,88)90-78-77-84(3,4)5)79-89-82(85)75-73-71-69-67-65-63-61-59-57-55-53-51-49-47-45-39-37-35-33-31-29-27-25-23-21-19-17-15-13-11-9-7-2/h8,10,14,16,20,22,26,28,32,34,38,40,42-43,46,48,52,54,81H,6-7,9,11-13,15,17-19,21,23-25,27,29-31,33,35-37,39,41,44-45,47,49-51,53,55-80H2,1-5H3/p+1/b10-8-,16-14-,22-20-,28-26-,34-32-,40-38-,43-42-,48-46-,54-52-. The molecule has 0 aliphatic rings. The molecule has 0 rings (SSSR count). The number of quaternary nitrogens is 1. The largest absolute Gasteiger partial charge is 0.472 e. The summed E-state index contributed by atoms with van der Waals surface area (Å²) >= 11 is 0. The summed E-state index contributed by atoms with van der Waals surface area (Å²) in [6.07, 6.45) is 104. The molecule has 9 nitrogen and oxygen atoms in total. The molecule has 0 aliphatic carbocycles. The lowest BCUT2D eigenvalue weighted by Gasteiger charge is -2.24. The molecule has 1 N–H and O–H groups in total. The minimum Gasteiger partial charge on any atom is -0.462 e. The Kier molecular flexibility index (Phi) is 70.3. The lowest BCUT2D eigenvalue weighted by Crippen LogP contribution is -2.37. The second kappa shape index (κ2) is 72.9. The van der Waals surface area contributed by atoms with E-state index >= 15 is 0 Å². The van der Waals surface area contributed by atoms with Crippen LogP contribution in [-0.4, -0.2) is 74.9 Å². The Morgan fingerprint density at radius 3 is 0.914 bits per heavy atom. The molecule has 0 fully saturated rings. The molecule has 2 atom stereocenters. The van der Waals surface area contributed by atoms with Crippen LogP contribution >= 0.6 is 7.82 Å². The Balaban J connectivity index is 4.02. The molecule has 0 saturated carbocycles. The van der Waals surface area contributed by atoms with Crippen LogP contribution in [0.1, 0.15) is 354 Å². The molecule has 93 heavy (non-hydrogen) atoms. The number of likely N-dealkylation sites (N-methyl/N-ethyl adjacent to an activating group) is 1. The molecule has 0 aromatic carbocycles. The van der Waals surface area contributed by atoms with Crippen LogP contribution in [0.3, 0.4) is 0 Å². The summed E-state index contributed by atoms with van der Waals surface area (Å²) in [4.78, 5) is 36.0. The lowest BCUT2D eigenvalue weighted by atomic mass is 10.0. The first kappa shape index (κ1) is 89.7. The number of phosphoric ester groups is 1. The summed E-state index contributed by atoms with van der Waals surface area (Å²) < 4.78 is 34.8. The van der Waals surface area contributed by atoms with Gasteiger partial charge in [0.15, 0.2) is 6.10 Å². The highest BCUT2D eigenvalue weighted by molar-refractivity contribution is 7.47. The van der Waals surface area contributed by atoms with E-state index in [1.54, 1.807) is 0 Å². The van der Waals surface area contributed by atoms with Crippen molar-refractivity contribution in [3.05, 3.63) is 109 Å². The van der Waals surface area contributed by atoms with Gasteiger partial charge in [0.05, 0.1) is 27.7 Å². The third kappa shape index (κ3) is 77.6. The monoisotopic (exact) mass is 1320 g/mol. The van der Waals surface area contributed by atoms with Gasteiger partial charge in [-0.1, -0.05) is 367 Å². The molecular formula is C83H149NO8P+. The zero-order valence-corrected chi connectivity index (χ0v) is 62.4. The van der Waals surface area contributed by atoms with Gasteiger partial charge in [0.2, 0.25) is 0 Å². The van der Waals surface area contributed by atoms with Gasteiger partial charge in [0.25, 0.3) is 0 Å². The van der Waals surface area contributed by atoms with Gasteiger partial charge in [-0.05, 0) is 83.5 Å². The number of esters is 2. The third-order valence-corrected chi connectivity index (χ3v) is 18.1. The van der Waals surface area contributed by atoms with Crippen molar-refractivity contribution in [1.82, 2.24) is 0 Å². The highest BCUT2D eigenvalue weighted by atomic mass is 31.2. The quantitative estimate of drug-likeness (QED) is 0.0211. The van der Waals surface area contributed by atoms with Crippen LogP contribution < -0.4 is 0 Å². The van der Waals surface area contributed by atoms with Gasteiger partial charge in [-0.2, -0.15) is 0 Å². The molecule has 0 aromatic heterocycles. The fourth-order valence-electron chi connectivity index (χ4n) is 11.1. The predicted octanol–water partition coefficient (Wildman–Crippen LogP) is 26.0. The topological polar surface area (TPSA) is 108 Å². The summed E-state index contributed by atoms with van der Waals surface area (Å²) in [5.74, 6) is -0.794. The highest BCUT2D eigenvalue weighted by Gasteiger charge is 2.27. The van der Waals surface area contributed by atoms with E-state index in [2.05, 4.69) is 123 Å². The van der Waals surface area contributed by atoms with Gasteiger partial charge >= 0.3 is 19.8 Å². The van der Waals surface area contributed by atoms with Crippen molar-refractivity contribution in [2.45, 2.75) is 360 Å². The van der Waals surface area contributed by atoms with Gasteiger partial charge in [-0.15, -0.1) is 0 Å². The summed E-state index contributed by atoms with van der Waals surface area (Å²) in [6.45, 7) is 4.36. The van der Waals surface area contributed by atoms with E-state index in [-0.39, 0.29) is 32.0 Å². The first-order chi connectivity index (χ1) is 45.5. The Morgan fingerprint density at radius 2 is 0.613 bits per heavy atom. The first-order valence-electron chi connectivity index (χ1n) is 39.1. The van der Waals surface area contributed by atoms with E-state index in [0.29, 0.717) is 17.4 Å². The van der Waals surface area contributed by atoms with Crippen LogP contribution in [0.5, 0.6) is 0 Å². The van der Waals surface area contributed by atoms with Crippen LogP contribution in [0.15, 0.2) is 109 Å². The fraction of sp³-hybridized carbons (Fsp3) is 0.759. The van der Waals surface area contributed by atoms with E-state index in [9.17, 15) is 19.0 Å². The smallest absolute Gasteiger partial charge is 0.462 e. The zero-order valence-electron chi connectivity index (χ0n) is 61.5. The SMILES string of the molecule is CC/C=C\C/C=C\C/C=C\C/C=C\C/C=C\C/C=C\C/C=C\C/C=C\C/C=C\CCCCCCCCCCCC(=O)OC(COC(=O)CCCCCCCCCCCCCCCCCCCCCCCCCCCCCCCCCC)COP(=O)(O)OCC[N+](C)(C)C. The summed E-state index contributed by atoms with van der Waals surface area (Å²) in [6, 6.07) is 0. The van der Waals surface area contributed by atoms with Crippen LogP contribution in [0.2, 0.25) is 0 Å². The number of rotatable bonds is 72. The molecule has 10 heteroatoms. The molecule has 0 aliphatic heterocycles. The normalized spacial score (nSPS) is 13.7. The second-order valence-corrected chi connectivity index (χ2v) is 28.8. The molecule has 0 amide bonds. The Labute approximate surface area is 576 Å². The van der Waals surface area contributed by atoms with Crippen molar-refractivity contribution in [2.75, 3.05) is 47.5 Å². The molecule has 0 spiro atoms. The van der Waals surface area contributed by atoms with Gasteiger partial charge in [0.1, 0.15) is 19.8 Å². The fourth-order valence-corrected chi connectivity index (χ4v) is 11.9. The van der Waals surface area contributed by atoms with Crippen molar-refractivity contribution in [1.29, 1.82) is 0 Å². The van der Waals surface area contributed by atoms with E-state index in [1.807, 2.05) is 21.1 Å². The molecule has 0 radical (unpaired) electrons. The zero-order chi connectivity index (χ0) is 67.6. The average molecular weight is 1320 g/mol. The average Bonchev–Trinajstić information content (AvgIpc) is 2.27. The third-order valence-electron chi connectivity index (χ3n) is 17.1. The molecule has 0 heterocycles. The van der Waals surface area contributed by atoms with Crippen molar-refractivity contribution >= 4 is 19.8 Å². The Bertz CT molecular complexity index is 1940. The minimum absolute atomic E-state index is 0.0276. The van der Waals surface area contributed by atoms with Crippen molar-refractivity contribution in [2.24, 2.45) is 0 Å². The number of hydrogen-bond acceptors (Lipinski definition) is 7. The van der Waals surface area contributed by atoms with E-state index in [1.165, 1.54) is 218 Å². The summed E-state index contributed by atoms with van der Waals surface area (Å²) in [5, 5.41) is 0. The van der Waals surface area contributed by atoms with Crippen LogP contribution in [-0.2, 0) is 32.7 Å². The molecule has 0 aromatic rings. The van der Waals surface area contributed by atoms with E-state index < -0.39 is 26.5 Å². The number of carbonyl (C=O) groups is 2. The van der Waals surface area contributed by atoms with Crippen LogP contribution in [0.25, 0.3) is 0 Å². The molecular weight excluding hydrogens is 1170 g/mol. The minimum atomic E-state index is -4.40. The number of hydrogen-bond donors (Lipinski definition) is 1. The van der Waals surface area contributed by atoms with Crippen LogP contribution in [0, 0.1) is 0 Å². The lowest BCUT2D eigenvalue weighted by molar-refractivity contribution is -0.870. The Hall–Kier alpha value is -3.33. The maximum absolute atomic E-state index is 12.9. The number of unbranched alkanes of at least 4 members (excludes halogenated alkanes) is 40. The predicted molar refractivity (Wildman–Crippen MR) is 404 cm³/mol. The van der Waals surface area contributed by atoms with Crippen molar-refractivity contribution < 1.29 is 42.1 Å². The van der Waals surface area contributed by atoms with Crippen LogP contribution in [0.4, 0.5) is 0 Å². The van der Waals surface area contributed by atoms with Crippen molar-refractivity contribution in [3.63, 3.8) is 0 Å². The first-order valence-corrected chi connectivity index (χ1v) is 40.6. The van der Waals surface area contributed by atoms with E-state index in [0.717, 1.165) is 103 Å². The van der Waals surface area contributed by atoms with Gasteiger partial charge in [-0.3, -0.25) is 18.6 Å². The molecule has 0 bridgehead atoms. The van der Waals surface area contributed by atoms with Gasteiger partial charge in [-0.25, -0.2) is 4.57 Å². The number of nitrogens with zero attached hydrogens (tertiary/aromatic N) is 1. The number of phosphoric acid groups is 1. The maximum Gasteiger partial charge on any atom is 0.472 e. The van der Waals surface area contributed by atoms with Crippen molar-refractivity contribution in [3.8, 4) is 0 Å². The highest BCUT2D eigenvalue weighted by Crippen LogP contribution is 2.43. The van der Waals surface area contributed by atoms with E-state index in [4.69, 9.17) is 18.5 Å². The second-order valence-electron chi connectivity index (χ2n) is 27.4. The van der Waals surface area contributed by atoms with Gasteiger partial charge < -0.3 is 18.9 Å². The number of carbonyl (C=O) groups excluding carboxylic acids is 2. The molecule has 0 saturated heterocycles. The number of allylic oxidation sites excluding steroid dienone is 18. The molecule has 538 valence electrons. The summed E-state index contributed by atoms with van der Waals surface area (Å²) in [7, 11) is 1.48. The summed E-state index contributed by atoms with van der Waals surface area (Å²) in [5.41, 5.74) is 0.